The van der Waals surface area contributed by atoms with Gasteiger partial charge in [0.05, 0.1) is 12.0 Å². The Morgan fingerprint density at radius 1 is 1.14 bits per heavy atom. The van der Waals surface area contributed by atoms with Crippen LogP contribution in [0.5, 0.6) is 5.75 Å². The molecule has 1 saturated heterocycles. The van der Waals surface area contributed by atoms with Crippen molar-refractivity contribution >= 4 is 57.3 Å². The van der Waals surface area contributed by atoms with Crippen LogP contribution in [0.1, 0.15) is 0 Å². The van der Waals surface area contributed by atoms with Gasteiger partial charge >= 0.3 is 4.87 Å². The zero-order chi connectivity index (χ0) is 29.9. The van der Waals surface area contributed by atoms with Crippen molar-refractivity contribution < 1.29 is 18.3 Å². The number of hydrogen-bond donors (Lipinski definition) is 3. The molecule has 17 heteroatoms. The molecule has 0 bridgehead atoms. The van der Waals surface area contributed by atoms with E-state index in [2.05, 4.69) is 30.6 Å². The summed E-state index contributed by atoms with van der Waals surface area (Å²) in [5, 5.41) is 10.0. The lowest BCUT2D eigenvalue weighted by Gasteiger charge is -2.36. The molecule has 1 aromatic carbocycles. The first-order valence-corrected chi connectivity index (χ1v) is 14.6. The van der Waals surface area contributed by atoms with E-state index < -0.39 is 5.82 Å². The maximum Gasteiger partial charge on any atom is 0.309 e. The van der Waals surface area contributed by atoms with Gasteiger partial charge in [0.2, 0.25) is 11.8 Å². The van der Waals surface area contributed by atoms with E-state index in [1.54, 1.807) is 35.9 Å². The van der Waals surface area contributed by atoms with Crippen LogP contribution in [0, 0.1) is 5.82 Å². The Balaban J connectivity index is 0.00000384. The highest BCUT2D eigenvalue weighted by Gasteiger charge is 2.23. The predicted molar refractivity (Wildman–Crippen MR) is 167 cm³/mol. The van der Waals surface area contributed by atoms with Crippen molar-refractivity contribution in [3.63, 3.8) is 0 Å². The minimum absolute atomic E-state index is 0. The maximum absolute atomic E-state index is 14.9. The molecule has 0 spiro atoms. The minimum Gasteiger partial charge on any atom is -0.484 e. The van der Waals surface area contributed by atoms with Crippen LogP contribution in [-0.2, 0) is 11.3 Å². The van der Waals surface area contributed by atoms with E-state index >= 15 is 0 Å². The van der Waals surface area contributed by atoms with Gasteiger partial charge in [-0.1, -0.05) is 11.3 Å². The lowest BCUT2D eigenvalue weighted by Crippen LogP contribution is -2.47. The Hall–Kier alpha value is -4.25. The number of fused-ring (bicyclic) bond motifs is 3. The summed E-state index contributed by atoms with van der Waals surface area (Å²) < 4.78 is 29.4. The molecule has 5 aromatic rings. The number of thiazole rings is 1. The van der Waals surface area contributed by atoms with Crippen LogP contribution in [0.3, 0.4) is 0 Å². The van der Waals surface area contributed by atoms with E-state index in [4.69, 9.17) is 14.9 Å². The molecule has 0 saturated carbocycles. The molecule has 6 rings (SSSR count). The zero-order valence-electron chi connectivity index (χ0n) is 23.9. The number of rotatable bonds is 11. The summed E-state index contributed by atoms with van der Waals surface area (Å²) >= 11 is 1.06. The third-order valence-electron chi connectivity index (χ3n) is 7.20. The second-order valence-electron chi connectivity index (χ2n) is 9.97. The number of piperazine rings is 1. The van der Waals surface area contributed by atoms with Crippen LogP contribution in [0.2, 0.25) is 0 Å². The number of halogens is 2. The van der Waals surface area contributed by atoms with Crippen LogP contribution in [-0.4, -0.2) is 94.4 Å². The number of carbonyl (C=O) groups is 1. The largest absolute Gasteiger partial charge is 0.484 e. The minimum atomic E-state index is -0.406. The van der Waals surface area contributed by atoms with Gasteiger partial charge in [0, 0.05) is 58.4 Å². The number of benzene rings is 1. The summed E-state index contributed by atoms with van der Waals surface area (Å²) in [4.78, 5) is 37.9. The van der Waals surface area contributed by atoms with Crippen molar-refractivity contribution in [2.45, 2.75) is 6.54 Å². The molecular weight excluding hydrogens is 615 g/mol. The van der Waals surface area contributed by atoms with E-state index in [1.165, 1.54) is 16.8 Å². The Morgan fingerprint density at radius 3 is 2.68 bits per heavy atom. The molecule has 44 heavy (non-hydrogen) atoms. The fraction of sp³-hybridized carbons (Fsp3) is 0.370. The van der Waals surface area contributed by atoms with Crippen molar-refractivity contribution in [3.8, 4) is 17.3 Å². The molecule has 1 fully saturated rings. The Morgan fingerprint density at radius 2 is 1.95 bits per heavy atom. The van der Waals surface area contributed by atoms with E-state index in [0.717, 1.165) is 11.3 Å². The van der Waals surface area contributed by atoms with Crippen molar-refractivity contribution in [1.29, 1.82) is 0 Å². The number of ether oxygens (including phenoxy) is 1. The Bertz CT molecular complexity index is 1800. The first-order chi connectivity index (χ1) is 20.9. The summed E-state index contributed by atoms with van der Waals surface area (Å²) in [5.41, 5.74) is 7.59. The number of anilines is 2. The van der Waals surface area contributed by atoms with Gasteiger partial charge in [-0.3, -0.25) is 19.1 Å². The molecule has 0 atom stereocenters. The molecule has 14 nitrogen and oxygen atoms in total. The van der Waals surface area contributed by atoms with Crippen LogP contribution >= 0.6 is 23.7 Å². The van der Waals surface area contributed by atoms with Crippen LogP contribution in [0.25, 0.3) is 27.6 Å². The quantitative estimate of drug-likeness (QED) is 0.178. The number of amides is 1. The molecule has 234 valence electrons. The van der Waals surface area contributed by atoms with Crippen LogP contribution in [0.15, 0.2) is 45.8 Å². The van der Waals surface area contributed by atoms with E-state index in [9.17, 15) is 14.0 Å². The Kier molecular flexibility index (Phi) is 9.63. The fourth-order valence-corrected chi connectivity index (χ4v) is 5.88. The molecule has 5 heterocycles. The number of aromatic nitrogens is 5. The lowest BCUT2D eigenvalue weighted by molar-refractivity contribution is -0.123. The number of nitrogens with two attached hydrogens (primary N) is 1. The van der Waals surface area contributed by atoms with Crippen molar-refractivity contribution in [2.75, 3.05) is 70.1 Å². The number of nitrogens with one attached hydrogen (secondary N) is 2. The highest BCUT2D eigenvalue weighted by Crippen LogP contribution is 2.27. The van der Waals surface area contributed by atoms with Crippen LogP contribution in [0.4, 0.5) is 16.0 Å². The number of nitrogen functional groups attached to an aromatic ring is 1. The molecule has 4 N–H and O–H groups in total. The van der Waals surface area contributed by atoms with Gasteiger partial charge in [-0.2, -0.15) is 9.50 Å². The number of nitrogens with zero attached hydrogens (tertiary/aromatic N) is 7. The molecule has 0 unspecified atom stereocenters. The maximum atomic E-state index is 14.9. The SMILES string of the molecule is CNCCNC(=O)COc1ccc(N2CCN(CCn3c(=O)sc4c3nc(N)n3nc(-c5ccco5)nc43)CC2)c(F)c1.Cl. The molecule has 0 aliphatic carbocycles. The van der Waals surface area contributed by atoms with E-state index in [1.807, 2.05) is 4.90 Å². The molecule has 0 radical (unpaired) electrons. The predicted octanol–water partition coefficient (Wildman–Crippen LogP) is 1.44. The highest BCUT2D eigenvalue weighted by molar-refractivity contribution is 7.17. The first-order valence-electron chi connectivity index (χ1n) is 13.8. The van der Waals surface area contributed by atoms with Gasteiger partial charge in [0.1, 0.15) is 16.3 Å². The third-order valence-corrected chi connectivity index (χ3v) is 8.16. The summed E-state index contributed by atoms with van der Waals surface area (Å²) in [6.45, 7) is 4.62. The molecule has 1 aliphatic heterocycles. The topological polar surface area (TPSA) is 161 Å². The number of carbonyl (C=O) groups excluding carboxylic acids is 1. The van der Waals surface area contributed by atoms with Crippen molar-refractivity contribution in [1.82, 2.24) is 39.7 Å². The standard InChI is InChI=1S/C27H31FN10O4S.ClH/c1-30-6-7-31-21(39)16-42-17-4-5-19(18(28)15-17)36-11-8-35(9-12-36)10-13-37-24-22(43-27(37)40)25-32-23(20-3-2-14-41-20)34-38(25)26(29)33-24;/h2-5,14-15,30H,6-13,16H2,1H3,(H2,29,33)(H,31,39);1H. The zero-order valence-corrected chi connectivity index (χ0v) is 25.5. The lowest BCUT2D eigenvalue weighted by atomic mass is 10.2. The summed E-state index contributed by atoms with van der Waals surface area (Å²) in [6.07, 6.45) is 1.53. The van der Waals surface area contributed by atoms with Gasteiger partial charge in [-0.25, -0.2) is 9.37 Å². The number of furan rings is 1. The Labute approximate surface area is 261 Å². The van der Waals surface area contributed by atoms with E-state index in [-0.39, 0.29) is 35.7 Å². The summed E-state index contributed by atoms with van der Waals surface area (Å²) in [6, 6.07) is 8.14. The fourth-order valence-electron chi connectivity index (χ4n) is 4.95. The third kappa shape index (κ3) is 6.47. The molecular formula is C27H32ClFN10O4S. The monoisotopic (exact) mass is 646 g/mol. The van der Waals surface area contributed by atoms with Gasteiger partial charge in [0.25, 0.3) is 5.91 Å². The first kappa shape index (κ1) is 31.2. The average molecular weight is 647 g/mol. The van der Waals surface area contributed by atoms with Gasteiger partial charge in [-0.15, -0.1) is 17.5 Å². The molecule has 4 aromatic heterocycles. The summed E-state index contributed by atoms with van der Waals surface area (Å²) in [7, 11) is 1.80. The van der Waals surface area contributed by atoms with Crippen LogP contribution < -0.4 is 30.9 Å². The average Bonchev–Trinajstić information content (AvgIpc) is 3.75. The number of likely N-dealkylation sites (N-methyl/N-ethyl adjacent to an activating group) is 1. The summed E-state index contributed by atoms with van der Waals surface area (Å²) in [5.74, 6) is 0.603. The smallest absolute Gasteiger partial charge is 0.309 e. The molecule has 1 amide bonds. The second-order valence-corrected chi connectivity index (χ2v) is 10.9. The number of hydrogen-bond acceptors (Lipinski definition) is 12. The second kappa shape index (κ2) is 13.6. The van der Waals surface area contributed by atoms with Crippen molar-refractivity contribution in [3.05, 3.63) is 52.1 Å². The van der Waals surface area contributed by atoms with Gasteiger partial charge in [0.15, 0.2) is 23.7 Å². The highest BCUT2D eigenvalue weighted by atomic mass is 35.5. The van der Waals surface area contributed by atoms with E-state index in [0.29, 0.717) is 91.4 Å². The molecule has 1 aliphatic rings. The van der Waals surface area contributed by atoms with Gasteiger partial charge < -0.3 is 30.4 Å². The van der Waals surface area contributed by atoms with Crippen molar-refractivity contribution in [2.24, 2.45) is 0 Å². The normalized spacial score (nSPS) is 13.8. The van der Waals surface area contributed by atoms with Gasteiger partial charge in [-0.05, 0) is 31.3 Å².